The summed E-state index contributed by atoms with van der Waals surface area (Å²) in [5, 5.41) is 0. The maximum Gasteiger partial charge on any atom is 0.415 e. The molecular formula is C31H35N2O3+. The zero-order valence-electron chi connectivity index (χ0n) is 20.8. The lowest BCUT2D eigenvalue weighted by Gasteiger charge is -2.52. The molecule has 5 heteroatoms. The third kappa shape index (κ3) is 5.68. The van der Waals surface area contributed by atoms with Crippen LogP contribution in [-0.4, -0.2) is 48.6 Å². The fourth-order valence-electron chi connectivity index (χ4n) is 5.84. The Morgan fingerprint density at radius 2 is 1.44 bits per heavy atom. The number of hydrogen-bond donors (Lipinski definition) is 0. The van der Waals surface area contributed by atoms with Gasteiger partial charge in [-0.05, 0) is 17.7 Å². The lowest BCUT2D eigenvalue weighted by atomic mass is 9.83. The van der Waals surface area contributed by atoms with Crippen molar-refractivity contribution >= 4 is 17.6 Å². The van der Waals surface area contributed by atoms with Gasteiger partial charge in [-0.2, -0.15) is 0 Å². The van der Waals surface area contributed by atoms with E-state index in [1.165, 1.54) is 0 Å². The van der Waals surface area contributed by atoms with Gasteiger partial charge in [0.1, 0.15) is 6.54 Å². The summed E-state index contributed by atoms with van der Waals surface area (Å²) in [5.74, 6) is 0.636. The third-order valence-electron chi connectivity index (χ3n) is 7.90. The summed E-state index contributed by atoms with van der Waals surface area (Å²) < 4.78 is 7.20. The molecule has 3 fully saturated rings. The fourth-order valence-corrected chi connectivity index (χ4v) is 5.84. The lowest BCUT2D eigenvalue weighted by molar-refractivity contribution is -0.946. The number of amides is 1. The number of ether oxygens (including phenoxy) is 1. The zero-order valence-corrected chi connectivity index (χ0v) is 20.8. The minimum atomic E-state index is -0.277. The van der Waals surface area contributed by atoms with Crippen LogP contribution in [0.3, 0.4) is 0 Å². The molecule has 3 aromatic carbocycles. The number of ketones is 1. The summed E-state index contributed by atoms with van der Waals surface area (Å²) in [7, 11) is 0. The van der Waals surface area contributed by atoms with Crippen molar-refractivity contribution in [3.05, 3.63) is 102 Å². The second-order valence-corrected chi connectivity index (χ2v) is 10.3. The normalized spacial score (nSPS) is 22.7. The SMILES string of the molecule is O=C(CCC[N+]12CCC(CC1)[C@@H](OC(=O)N(Cc1ccccc1)c1ccccc1)C2)c1ccccc1. The van der Waals surface area contributed by atoms with E-state index < -0.39 is 0 Å². The average Bonchev–Trinajstić information content (AvgIpc) is 2.93. The molecule has 0 unspecified atom stereocenters. The van der Waals surface area contributed by atoms with Gasteiger partial charge >= 0.3 is 6.09 Å². The summed E-state index contributed by atoms with van der Waals surface area (Å²) in [5.41, 5.74) is 2.70. The number of anilines is 1. The molecule has 0 N–H and O–H groups in total. The molecular weight excluding hydrogens is 448 g/mol. The minimum Gasteiger partial charge on any atom is -0.440 e. The van der Waals surface area contributed by atoms with Gasteiger partial charge in [-0.25, -0.2) is 4.79 Å². The first kappa shape index (κ1) is 24.3. The highest BCUT2D eigenvalue weighted by atomic mass is 16.6. The summed E-state index contributed by atoms with van der Waals surface area (Å²) in [6.07, 6.45) is 3.23. The van der Waals surface area contributed by atoms with E-state index in [1.54, 1.807) is 4.90 Å². The Labute approximate surface area is 213 Å². The first-order chi connectivity index (χ1) is 17.6. The summed E-state index contributed by atoms with van der Waals surface area (Å²) in [6, 6.07) is 29.4. The number of quaternary nitrogens is 1. The molecule has 5 nitrogen and oxygen atoms in total. The van der Waals surface area contributed by atoms with E-state index in [9.17, 15) is 9.59 Å². The highest BCUT2D eigenvalue weighted by molar-refractivity contribution is 5.95. The van der Waals surface area contributed by atoms with Crippen LogP contribution in [0, 0.1) is 5.92 Å². The molecule has 36 heavy (non-hydrogen) atoms. The van der Waals surface area contributed by atoms with Crippen molar-refractivity contribution in [1.29, 1.82) is 0 Å². The van der Waals surface area contributed by atoms with Crippen LogP contribution < -0.4 is 4.90 Å². The van der Waals surface area contributed by atoms with Crippen LogP contribution in [0.4, 0.5) is 10.5 Å². The molecule has 3 aromatic rings. The van der Waals surface area contributed by atoms with Crippen LogP contribution in [0.1, 0.15) is 41.6 Å². The summed E-state index contributed by atoms with van der Waals surface area (Å²) in [6.45, 7) is 4.52. The number of fused-ring (bicyclic) bond motifs is 3. The van der Waals surface area contributed by atoms with Crippen LogP contribution in [-0.2, 0) is 11.3 Å². The van der Waals surface area contributed by atoms with Gasteiger partial charge in [0.2, 0.25) is 0 Å². The number of carbonyl (C=O) groups excluding carboxylic acids is 2. The number of carbonyl (C=O) groups is 2. The van der Waals surface area contributed by atoms with E-state index in [4.69, 9.17) is 4.74 Å². The first-order valence-corrected chi connectivity index (χ1v) is 13.1. The molecule has 0 aromatic heterocycles. The number of para-hydroxylation sites is 1. The largest absolute Gasteiger partial charge is 0.440 e. The van der Waals surface area contributed by atoms with Gasteiger partial charge in [0.15, 0.2) is 11.9 Å². The molecule has 3 aliphatic heterocycles. The van der Waals surface area contributed by atoms with Crippen LogP contribution in [0.5, 0.6) is 0 Å². The molecule has 0 saturated carbocycles. The van der Waals surface area contributed by atoms with Crippen molar-refractivity contribution in [2.24, 2.45) is 5.92 Å². The topological polar surface area (TPSA) is 46.6 Å². The highest BCUT2D eigenvalue weighted by Crippen LogP contribution is 2.36. The second kappa shape index (κ2) is 11.1. The monoisotopic (exact) mass is 483 g/mol. The average molecular weight is 484 g/mol. The Morgan fingerprint density at radius 1 is 0.833 bits per heavy atom. The van der Waals surface area contributed by atoms with Gasteiger partial charge in [0.05, 0.1) is 26.2 Å². The summed E-state index contributed by atoms with van der Waals surface area (Å²) in [4.78, 5) is 27.8. The van der Waals surface area contributed by atoms with E-state index in [2.05, 4.69) is 0 Å². The van der Waals surface area contributed by atoms with E-state index >= 15 is 0 Å². The van der Waals surface area contributed by atoms with Crippen molar-refractivity contribution in [2.45, 2.75) is 38.3 Å². The molecule has 3 aliphatic rings. The number of benzene rings is 3. The van der Waals surface area contributed by atoms with Crippen LogP contribution in [0.2, 0.25) is 0 Å². The number of nitrogens with zero attached hydrogens (tertiary/aromatic N) is 2. The Hall–Kier alpha value is -3.44. The van der Waals surface area contributed by atoms with Gasteiger partial charge < -0.3 is 9.22 Å². The molecule has 3 saturated heterocycles. The molecule has 0 aliphatic carbocycles. The maximum atomic E-state index is 13.5. The molecule has 1 amide bonds. The quantitative estimate of drug-likeness (QED) is 0.273. The van der Waals surface area contributed by atoms with E-state index in [-0.39, 0.29) is 18.0 Å². The highest BCUT2D eigenvalue weighted by Gasteiger charge is 2.47. The van der Waals surface area contributed by atoms with E-state index in [0.29, 0.717) is 18.9 Å². The standard InChI is InChI=1S/C31H35N2O3/c34-29(26-13-6-2-7-14-26)17-10-20-33-21-18-27(19-22-33)30(24-33)36-31(35)32(28-15-8-3-9-16-28)23-25-11-4-1-5-12-25/h1-9,11-16,27,30H,10,17-24H2/q+1/t27?,30-,33?/m0/s1. The molecule has 2 bridgehead atoms. The fraction of sp³-hybridized carbons (Fsp3) is 0.355. The van der Waals surface area contributed by atoms with Crippen molar-refractivity contribution in [3.8, 4) is 0 Å². The van der Waals surface area contributed by atoms with Crippen LogP contribution in [0.15, 0.2) is 91.0 Å². The van der Waals surface area contributed by atoms with Crippen LogP contribution in [0.25, 0.3) is 0 Å². The van der Waals surface area contributed by atoms with E-state index in [1.807, 2.05) is 91.0 Å². The Balaban J connectivity index is 1.23. The number of rotatable bonds is 9. The molecule has 6 rings (SSSR count). The third-order valence-corrected chi connectivity index (χ3v) is 7.90. The van der Waals surface area contributed by atoms with Crippen LogP contribution >= 0.6 is 0 Å². The molecule has 1 atom stereocenters. The predicted molar refractivity (Wildman–Crippen MR) is 142 cm³/mol. The number of piperidine rings is 3. The lowest BCUT2D eigenvalue weighted by Crippen LogP contribution is -2.65. The number of hydrogen-bond acceptors (Lipinski definition) is 3. The second-order valence-electron chi connectivity index (χ2n) is 10.3. The molecule has 3 heterocycles. The van der Waals surface area contributed by atoms with Crippen molar-refractivity contribution < 1.29 is 18.8 Å². The first-order valence-electron chi connectivity index (χ1n) is 13.1. The maximum absolute atomic E-state index is 13.5. The molecule has 186 valence electrons. The Morgan fingerprint density at radius 3 is 2.11 bits per heavy atom. The van der Waals surface area contributed by atoms with Gasteiger partial charge in [0, 0.05) is 42.9 Å². The van der Waals surface area contributed by atoms with E-state index in [0.717, 1.165) is 66.7 Å². The van der Waals surface area contributed by atoms with Crippen molar-refractivity contribution in [2.75, 3.05) is 31.1 Å². The van der Waals surface area contributed by atoms with Gasteiger partial charge in [-0.3, -0.25) is 9.69 Å². The Bertz CT molecular complexity index is 1140. The van der Waals surface area contributed by atoms with Gasteiger partial charge in [0.25, 0.3) is 0 Å². The summed E-state index contributed by atoms with van der Waals surface area (Å²) >= 11 is 0. The molecule has 0 radical (unpaired) electrons. The minimum absolute atomic E-state index is 0.0770. The van der Waals surface area contributed by atoms with Crippen molar-refractivity contribution in [3.63, 3.8) is 0 Å². The molecule has 0 spiro atoms. The predicted octanol–water partition coefficient (Wildman–Crippen LogP) is 6.10. The Kier molecular flexibility index (Phi) is 7.47. The van der Waals surface area contributed by atoms with Gasteiger partial charge in [-0.1, -0.05) is 78.9 Å². The smallest absolute Gasteiger partial charge is 0.415 e. The number of Topliss-reactive ketones (excluding diaryl/α,β-unsaturated/α-hetero) is 1. The van der Waals surface area contributed by atoms with Crippen molar-refractivity contribution in [1.82, 2.24) is 0 Å². The van der Waals surface area contributed by atoms with Gasteiger partial charge in [-0.15, -0.1) is 0 Å². The zero-order chi connectivity index (χ0) is 24.8.